The molecule has 6 nitrogen and oxygen atoms in total. The van der Waals surface area contributed by atoms with Gasteiger partial charge in [-0.1, -0.05) is 12.1 Å². The van der Waals surface area contributed by atoms with Crippen LogP contribution >= 0.6 is 0 Å². The van der Waals surface area contributed by atoms with E-state index in [-0.39, 0.29) is 5.56 Å². The molecule has 3 heterocycles. The molecule has 2 aromatic carbocycles. The van der Waals surface area contributed by atoms with Gasteiger partial charge in [-0.25, -0.2) is 4.98 Å². The summed E-state index contributed by atoms with van der Waals surface area (Å²) in [5.41, 5.74) is 4.33. The minimum atomic E-state index is -4.35. The zero-order valence-corrected chi connectivity index (χ0v) is 20.5. The number of benzene rings is 2. The van der Waals surface area contributed by atoms with Crippen LogP contribution in [0.3, 0.4) is 0 Å². The highest BCUT2D eigenvalue weighted by Gasteiger charge is 2.33. The molecule has 35 heavy (non-hydrogen) atoms. The number of halogens is 3. The number of aryl methyl sites for hydroxylation is 2. The SMILES string of the molecule is C1COCCO1.Cc1c(Cn2c(C)nc3c(C)cc(N4CCOCC4)cc32)cccc1C(F)(F)F. The molecule has 0 N–H and O–H groups in total. The first-order valence-electron chi connectivity index (χ1n) is 11.9. The third-order valence-electron chi connectivity index (χ3n) is 6.42. The second-order valence-corrected chi connectivity index (χ2v) is 8.79. The molecule has 5 rings (SSSR count). The van der Waals surface area contributed by atoms with Crippen LogP contribution in [0.25, 0.3) is 11.0 Å². The lowest BCUT2D eigenvalue weighted by Gasteiger charge is -2.29. The van der Waals surface area contributed by atoms with Crippen molar-refractivity contribution in [1.29, 1.82) is 0 Å². The molecule has 2 aliphatic rings. The molecule has 0 atom stereocenters. The summed E-state index contributed by atoms with van der Waals surface area (Å²) < 4.78 is 57.3. The molecule has 190 valence electrons. The van der Waals surface area contributed by atoms with Crippen LogP contribution < -0.4 is 4.90 Å². The molecule has 0 radical (unpaired) electrons. The molecule has 9 heteroatoms. The molecule has 0 bridgehead atoms. The lowest BCUT2D eigenvalue weighted by Crippen LogP contribution is -2.36. The van der Waals surface area contributed by atoms with Gasteiger partial charge in [-0.15, -0.1) is 0 Å². The van der Waals surface area contributed by atoms with Crippen LogP contribution in [0.1, 0.15) is 28.1 Å². The van der Waals surface area contributed by atoms with E-state index in [0.717, 1.165) is 73.7 Å². The number of morpholine rings is 1. The van der Waals surface area contributed by atoms with Crippen LogP contribution in [0.5, 0.6) is 0 Å². The van der Waals surface area contributed by atoms with E-state index in [0.29, 0.717) is 25.3 Å². The van der Waals surface area contributed by atoms with Gasteiger partial charge in [-0.2, -0.15) is 13.2 Å². The van der Waals surface area contributed by atoms with Crippen LogP contribution in [0.4, 0.5) is 18.9 Å². The molecule has 3 aromatic rings. The van der Waals surface area contributed by atoms with E-state index in [1.54, 1.807) is 6.07 Å². The monoisotopic (exact) mass is 491 g/mol. The lowest BCUT2D eigenvalue weighted by atomic mass is 10.0. The summed E-state index contributed by atoms with van der Waals surface area (Å²) in [7, 11) is 0. The Morgan fingerprint density at radius 2 is 1.51 bits per heavy atom. The van der Waals surface area contributed by atoms with Crippen molar-refractivity contribution in [1.82, 2.24) is 9.55 Å². The molecule has 0 aliphatic carbocycles. The summed E-state index contributed by atoms with van der Waals surface area (Å²) in [5, 5.41) is 0. The van der Waals surface area contributed by atoms with Crippen molar-refractivity contribution < 1.29 is 27.4 Å². The normalized spacial score (nSPS) is 16.8. The molecule has 0 amide bonds. The van der Waals surface area contributed by atoms with Gasteiger partial charge < -0.3 is 23.7 Å². The number of hydrogen-bond donors (Lipinski definition) is 0. The number of rotatable bonds is 3. The van der Waals surface area contributed by atoms with Gasteiger partial charge in [0, 0.05) is 25.3 Å². The van der Waals surface area contributed by atoms with E-state index in [1.165, 1.54) is 13.0 Å². The maximum absolute atomic E-state index is 13.3. The van der Waals surface area contributed by atoms with Crippen molar-refractivity contribution in [2.24, 2.45) is 0 Å². The molecular weight excluding hydrogens is 459 g/mol. The Bertz CT molecular complexity index is 1140. The van der Waals surface area contributed by atoms with Crippen molar-refractivity contribution in [2.45, 2.75) is 33.5 Å². The number of alkyl halides is 3. The maximum Gasteiger partial charge on any atom is 0.416 e. The summed E-state index contributed by atoms with van der Waals surface area (Å²) in [4.78, 5) is 6.97. The lowest BCUT2D eigenvalue weighted by molar-refractivity contribution is -0.138. The fourth-order valence-electron chi connectivity index (χ4n) is 4.47. The molecule has 2 aliphatic heterocycles. The van der Waals surface area contributed by atoms with Crippen molar-refractivity contribution >= 4 is 16.7 Å². The van der Waals surface area contributed by atoms with Gasteiger partial charge in [0.1, 0.15) is 5.82 Å². The van der Waals surface area contributed by atoms with Crippen LogP contribution in [-0.4, -0.2) is 62.3 Å². The molecule has 2 fully saturated rings. The Labute approximate surface area is 203 Å². The third kappa shape index (κ3) is 5.97. The average Bonchev–Trinajstić information content (AvgIpc) is 3.17. The van der Waals surface area contributed by atoms with Gasteiger partial charge in [0.25, 0.3) is 0 Å². The number of anilines is 1. The fraction of sp³-hybridized carbons (Fsp3) is 0.500. The molecule has 0 unspecified atom stereocenters. The topological polar surface area (TPSA) is 48.8 Å². The Kier molecular flexibility index (Phi) is 7.98. The number of aromatic nitrogens is 2. The third-order valence-corrected chi connectivity index (χ3v) is 6.42. The quantitative estimate of drug-likeness (QED) is 0.522. The van der Waals surface area contributed by atoms with E-state index in [1.807, 2.05) is 18.4 Å². The minimum Gasteiger partial charge on any atom is -0.378 e. The van der Waals surface area contributed by atoms with E-state index in [9.17, 15) is 13.2 Å². The molecule has 0 spiro atoms. The van der Waals surface area contributed by atoms with Crippen LogP contribution in [0, 0.1) is 20.8 Å². The van der Waals surface area contributed by atoms with Gasteiger partial charge in [-0.05, 0) is 55.7 Å². The highest BCUT2D eigenvalue weighted by atomic mass is 19.4. The van der Waals surface area contributed by atoms with E-state index in [4.69, 9.17) is 19.2 Å². The Morgan fingerprint density at radius 1 is 0.886 bits per heavy atom. The van der Waals surface area contributed by atoms with E-state index >= 15 is 0 Å². The van der Waals surface area contributed by atoms with Crippen LogP contribution in [-0.2, 0) is 26.9 Å². The van der Waals surface area contributed by atoms with E-state index < -0.39 is 11.7 Å². The van der Waals surface area contributed by atoms with Gasteiger partial charge in [0.15, 0.2) is 0 Å². The smallest absolute Gasteiger partial charge is 0.378 e. The molecule has 2 saturated heterocycles. The Hall–Kier alpha value is -2.62. The highest BCUT2D eigenvalue weighted by Crippen LogP contribution is 2.34. The van der Waals surface area contributed by atoms with Gasteiger partial charge >= 0.3 is 6.18 Å². The van der Waals surface area contributed by atoms with Crippen molar-refractivity contribution in [3.63, 3.8) is 0 Å². The van der Waals surface area contributed by atoms with Gasteiger partial charge in [-0.3, -0.25) is 0 Å². The maximum atomic E-state index is 13.3. The largest absolute Gasteiger partial charge is 0.416 e. The van der Waals surface area contributed by atoms with Crippen molar-refractivity contribution in [2.75, 3.05) is 57.6 Å². The number of ether oxygens (including phenoxy) is 3. The minimum absolute atomic E-state index is 0.266. The van der Waals surface area contributed by atoms with Crippen molar-refractivity contribution in [3.8, 4) is 0 Å². The first kappa shape index (κ1) is 25.5. The summed E-state index contributed by atoms with van der Waals surface area (Å²) in [6.45, 7) is 12.0. The van der Waals surface area contributed by atoms with Crippen LogP contribution in [0.15, 0.2) is 30.3 Å². The second kappa shape index (κ2) is 11.0. The Morgan fingerprint density at radius 3 is 2.11 bits per heavy atom. The standard InChI is InChI=1S/C22H24F3N3O.C4H8O2/c1-14-11-18(27-7-9-29-10-8-27)12-20-21(14)26-16(3)28(20)13-17-5-4-6-19(15(17)2)22(23,24)25;1-2-6-4-3-5-1/h4-6,11-12H,7-10,13H2,1-3H3;1-4H2. The van der Waals surface area contributed by atoms with Gasteiger partial charge in [0.2, 0.25) is 0 Å². The summed E-state index contributed by atoms with van der Waals surface area (Å²) >= 11 is 0. The van der Waals surface area contributed by atoms with Crippen molar-refractivity contribution in [3.05, 3.63) is 58.4 Å². The first-order chi connectivity index (χ1) is 16.8. The number of imidazole rings is 1. The molecule has 0 saturated carbocycles. The number of nitrogens with zero attached hydrogens (tertiary/aromatic N) is 3. The highest BCUT2D eigenvalue weighted by molar-refractivity contribution is 5.84. The zero-order valence-electron chi connectivity index (χ0n) is 20.5. The summed E-state index contributed by atoms with van der Waals surface area (Å²) in [6, 6.07) is 8.59. The summed E-state index contributed by atoms with van der Waals surface area (Å²) in [6.07, 6.45) is -4.35. The number of hydrogen-bond acceptors (Lipinski definition) is 5. The Balaban J connectivity index is 0.000000421. The summed E-state index contributed by atoms with van der Waals surface area (Å²) in [5.74, 6) is 0.791. The van der Waals surface area contributed by atoms with Gasteiger partial charge in [0.05, 0.1) is 56.2 Å². The van der Waals surface area contributed by atoms with E-state index in [2.05, 4.69) is 17.0 Å². The zero-order chi connectivity index (χ0) is 25.0. The molecule has 1 aromatic heterocycles. The predicted octanol–water partition coefficient (Wildman–Crippen LogP) is 4.90. The second-order valence-electron chi connectivity index (χ2n) is 8.79. The number of fused-ring (bicyclic) bond motifs is 1. The predicted molar refractivity (Wildman–Crippen MR) is 129 cm³/mol. The van der Waals surface area contributed by atoms with Crippen LogP contribution in [0.2, 0.25) is 0 Å². The average molecular weight is 492 g/mol. The fourth-order valence-corrected chi connectivity index (χ4v) is 4.47. The first-order valence-corrected chi connectivity index (χ1v) is 11.9. The molecular formula is C26H32F3N3O3.